The summed E-state index contributed by atoms with van der Waals surface area (Å²) in [6.45, 7) is 7.39. The maximum absolute atomic E-state index is 9.13. The molecule has 1 N–H and O–H groups in total. The largest absolute Gasteiger partial charge is 0.371 e. The Bertz CT molecular complexity index is 1390. The number of anilines is 1. The third-order valence-corrected chi connectivity index (χ3v) is 7.19. The van der Waals surface area contributed by atoms with Crippen LogP contribution in [0.1, 0.15) is 30.9 Å². The molecule has 2 aromatic heterocycles. The van der Waals surface area contributed by atoms with Crippen LogP contribution in [0.15, 0.2) is 61.1 Å². The van der Waals surface area contributed by atoms with Crippen LogP contribution in [0, 0.1) is 17.2 Å². The minimum atomic E-state index is 0.668. The summed E-state index contributed by atoms with van der Waals surface area (Å²) in [5, 5.41) is 21.4. The number of hydrogen-bond acceptors (Lipinski definition) is 5. The van der Waals surface area contributed by atoms with Gasteiger partial charge in [-0.05, 0) is 79.4 Å². The molecule has 0 spiro atoms. The van der Waals surface area contributed by atoms with E-state index < -0.39 is 0 Å². The standard InChI is InChI=1S/C28H29N7/c1-2-10-30-15-21-9-11-33(16-21)25-7-8-26-24(12-25)18-34-17-23(22-5-3-20(14-29)4-6-22)13-27(34)28-32-31-19-35(26)28/h3-8,12-13,17,19,21,30H,2,9-11,15-16,18H2,1H3. The molecular weight excluding hydrogens is 434 g/mol. The van der Waals surface area contributed by atoms with Gasteiger partial charge in [0.25, 0.3) is 0 Å². The van der Waals surface area contributed by atoms with Crippen LogP contribution in [0.2, 0.25) is 0 Å². The van der Waals surface area contributed by atoms with Crippen molar-refractivity contribution in [1.29, 1.82) is 5.26 Å². The first-order valence-electron chi connectivity index (χ1n) is 12.4. The lowest BCUT2D eigenvalue weighted by Crippen LogP contribution is -2.26. The highest BCUT2D eigenvalue weighted by atomic mass is 15.3. The summed E-state index contributed by atoms with van der Waals surface area (Å²) >= 11 is 0. The number of nitrogens with zero attached hydrogens (tertiary/aromatic N) is 6. The van der Waals surface area contributed by atoms with Crippen LogP contribution in [0.25, 0.3) is 28.3 Å². The maximum Gasteiger partial charge on any atom is 0.185 e. The van der Waals surface area contributed by atoms with Gasteiger partial charge in [0.2, 0.25) is 0 Å². The summed E-state index contributed by atoms with van der Waals surface area (Å²) in [5.41, 5.74) is 7.60. The Labute approximate surface area is 205 Å². The first-order valence-corrected chi connectivity index (χ1v) is 12.4. The van der Waals surface area contributed by atoms with E-state index in [4.69, 9.17) is 5.26 Å². The number of aromatic nitrogens is 4. The van der Waals surface area contributed by atoms with E-state index in [2.05, 4.69) is 73.0 Å². The van der Waals surface area contributed by atoms with Gasteiger partial charge in [0.05, 0.1) is 23.0 Å². The van der Waals surface area contributed by atoms with Crippen molar-refractivity contribution in [1.82, 2.24) is 24.6 Å². The number of nitrogens with one attached hydrogen (secondary N) is 1. The van der Waals surface area contributed by atoms with E-state index in [0.717, 1.165) is 61.1 Å². The second-order valence-electron chi connectivity index (χ2n) is 9.57. The molecular formula is C28H29N7. The van der Waals surface area contributed by atoms with E-state index >= 15 is 0 Å². The number of nitriles is 1. The fourth-order valence-electron chi connectivity index (χ4n) is 5.34. The van der Waals surface area contributed by atoms with Crippen molar-refractivity contribution in [3.8, 4) is 34.4 Å². The number of fused-ring (bicyclic) bond motifs is 5. The average Bonchev–Trinajstić information content (AvgIpc) is 3.63. The van der Waals surface area contributed by atoms with Crippen molar-refractivity contribution >= 4 is 5.69 Å². The van der Waals surface area contributed by atoms with Crippen LogP contribution in [0.4, 0.5) is 5.69 Å². The summed E-state index contributed by atoms with van der Waals surface area (Å²) in [5.74, 6) is 1.55. The van der Waals surface area contributed by atoms with Crippen LogP contribution in [0.3, 0.4) is 0 Å². The van der Waals surface area contributed by atoms with Gasteiger partial charge in [-0.25, -0.2) is 0 Å². The molecule has 1 unspecified atom stereocenters. The highest BCUT2D eigenvalue weighted by molar-refractivity contribution is 5.72. The molecule has 7 nitrogen and oxygen atoms in total. The molecule has 2 aromatic carbocycles. The van der Waals surface area contributed by atoms with Crippen molar-refractivity contribution in [2.24, 2.45) is 5.92 Å². The lowest BCUT2D eigenvalue weighted by Gasteiger charge is -2.21. The van der Waals surface area contributed by atoms with Crippen LogP contribution in [-0.4, -0.2) is 45.5 Å². The van der Waals surface area contributed by atoms with Gasteiger partial charge in [0, 0.05) is 37.1 Å². The first kappa shape index (κ1) is 21.6. The molecule has 6 rings (SSSR count). The normalized spacial score (nSPS) is 16.3. The summed E-state index contributed by atoms with van der Waals surface area (Å²) in [6, 6.07) is 18.9. The van der Waals surface area contributed by atoms with Gasteiger partial charge in [-0.15, -0.1) is 10.2 Å². The van der Waals surface area contributed by atoms with Crippen LogP contribution < -0.4 is 10.2 Å². The van der Waals surface area contributed by atoms with Crippen molar-refractivity contribution in [3.05, 3.63) is 72.2 Å². The molecule has 0 saturated carbocycles. The summed E-state index contributed by atoms with van der Waals surface area (Å²) in [7, 11) is 0. The average molecular weight is 464 g/mol. The van der Waals surface area contributed by atoms with Gasteiger partial charge in [0.1, 0.15) is 6.33 Å². The summed E-state index contributed by atoms with van der Waals surface area (Å²) in [6.07, 6.45) is 6.41. The van der Waals surface area contributed by atoms with E-state index in [1.165, 1.54) is 24.1 Å². The predicted octanol–water partition coefficient (Wildman–Crippen LogP) is 4.46. The van der Waals surface area contributed by atoms with E-state index in [9.17, 15) is 0 Å². The van der Waals surface area contributed by atoms with Crippen LogP contribution in [0.5, 0.6) is 0 Å². The van der Waals surface area contributed by atoms with Gasteiger partial charge < -0.3 is 14.8 Å². The molecule has 0 bridgehead atoms. The van der Waals surface area contributed by atoms with Crippen molar-refractivity contribution in [2.75, 3.05) is 31.1 Å². The van der Waals surface area contributed by atoms with Crippen molar-refractivity contribution in [3.63, 3.8) is 0 Å². The smallest absolute Gasteiger partial charge is 0.185 e. The zero-order valence-electron chi connectivity index (χ0n) is 20.0. The molecule has 7 heteroatoms. The first-order chi connectivity index (χ1) is 17.2. The Kier molecular flexibility index (Phi) is 5.59. The maximum atomic E-state index is 9.13. The number of benzene rings is 2. The molecule has 1 atom stereocenters. The van der Waals surface area contributed by atoms with E-state index in [1.807, 2.05) is 30.6 Å². The zero-order chi connectivity index (χ0) is 23.8. The third kappa shape index (κ3) is 4.00. The van der Waals surface area contributed by atoms with Gasteiger partial charge in [-0.2, -0.15) is 5.26 Å². The topological polar surface area (TPSA) is 74.7 Å². The summed E-state index contributed by atoms with van der Waals surface area (Å²) in [4.78, 5) is 2.52. The molecule has 1 saturated heterocycles. The molecule has 0 aliphatic carbocycles. The summed E-state index contributed by atoms with van der Waals surface area (Å²) < 4.78 is 4.37. The molecule has 0 radical (unpaired) electrons. The van der Waals surface area contributed by atoms with Gasteiger partial charge in [0.15, 0.2) is 5.82 Å². The molecule has 35 heavy (non-hydrogen) atoms. The quantitative estimate of drug-likeness (QED) is 0.376. The minimum absolute atomic E-state index is 0.668. The molecule has 176 valence electrons. The number of hydrogen-bond donors (Lipinski definition) is 1. The van der Waals surface area contributed by atoms with E-state index in [0.29, 0.717) is 11.5 Å². The van der Waals surface area contributed by atoms with Crippen molar-refractivity contribution < 1.29 is 0 Å². The van der Waals surface area contributed by atoms with Crippen LogP contribution in [-0.2, 0) is 6.54 Å². The fourth-order valence-corrected chi connectivity index (χ4v) is 5.34. The highest BCUT2D eigenvalue weighted by Gasteiger charge is 2.25. The van der Waals surface area contributed by atoms with Gasteiger partial charge in [-0.3, -0.25) is 4.57 Å². The Balaban J connectivity index is 1.31. The molecule has 4 aromatic rings. The van der Waals surface area contributed by atoms with E-state index in [-0.39, 0.29) is 0 Å². The Hall–Kier alpha value is -3.89. The molecule has 2 aliphatic heterocycles. The third-order valence-electron chi connectivity index (χ3n) is 7.19. The molecule has 1 fully saturated rings. The molecule has 2 aliphatic rings. The minimum Gasteiger partial charge on any atom is -0.371 e. The van der Waals surface area contributed by atoms with Gasteiger partial charge in [-0.1, -0.05) is 19.1 Å². The highest BCUT2D eigenvalue weighted by Crippen LogP contribution is 2.35. The van der Waals surface area contributed by atoms with Crippen molar-refractivity contribution in [2.45, 2.75) is 26.3 Å². The Morgan fingerprint density at radius 2 is 2.00 bits per heavy atom. The molecule has 4 heterocycles. The SMILES string of the molecule is CCCNCC1CCN(c2ccc3c(c2)Cn2cc(-c4ccc(C#N)cc4)cc2-c2nncn2-3)C1. The second kappa shape index (κ2) is 9.05. The lowest BCUT2D eigenvalue weighted by atomic mass is 10.1. The van der Waals surface area contributed by atoms with Crippen LogP contribution >= 0.6 is 0 Å². The predicted molar refractivity (Wildman–Crippen MR) is 138 cm³/mol. The fraction of sp³-hybridized carbons (Fsp3) is 0.321. The second-order valence-corrected chi connectivity index (χ2v) is 9.57. The van der Waals surface area contributed by atoms with E-state index in [1.54, 1.807) is 0 Å². The Morgan fingerprint density at radius 1 is 1.11 bits per heavy atom. The monoisotopic (exact) mass is 463 g/mol. The van der Waals surface area contributed by atoms with Gasteiger partial charge >= 0.3 is 0 Å². The Morgan fingerprint density at radius 3 is 2.83 bits per heavy atom. The molecule has 0 amide bonds. The zero-order valence-corrected chi connectivity index (χ0v) is 20.0. The lowest BCUT2D eigenvalue weighted by molar-refractivity contribution is 0.516. The number of rotatable bonds is 6.